The van der Waals surface area contributed by atoms with Crippen LogP contribution in [0.5, 0.6) is 0 Å². The van der Waals surface area contributed by atoms with Gasteiger partial charge in [-0.15, -0.1) is 0 Å². The van der Waals surface area contributed by atoms with Crippen molar-refractivity contribution >= 4 is 17.5 Å². The van der Waals surface area contributed by atoms with Crippen LogP contribution < -0.4 is 16.8 Å². The van der Waals surface area contributed by atoms with Crippen molar-refractivity contribution < 1.29 is 9.59 Å². The predicted octanol–water partition coefficient (Wildman–Crippen LogP) is 1.02. The van der Waals surface area contributed by atoms with Crippen molar-refractivity contribution in [2.24, 2.45) is 17.4 Å². The largest absolute Gasteiger partial charge is 0.366 e. The Kier molecular flexibility index (Phi) is 4.44. The molecular weight excluding hydrogens is 230 g/mol. The number of hydrogen-bond donors (Lipinski definition) is 3. The van der Waals surface area contributed by atoms with Crippen LogP contribution in [0.3, 0.4) is 0 Å². The molecule has 1 atom stereocenters. The Hall–Kier alpha value is -1.88. The van der Waals surface area contributed by atoms with Crippen LogP contribution in [0, 0.1) is 12.8 Å². The third-order valence-corrected chi connectivity index (χ3v) is 2.79. The minimum absolute atomic E-state index is 0.0650. The molecule has 0 aromatic heterocycles. The van der Waals surface area contributed by atoms with Gasteiger partial charge in [-0.1, -0.05) is 13.8 Å². The SMILES string of the molecule is Cc1cc(C(N)=O)ccc1NC(=O)[C@@H](N)C(C)C. The summed E-state index contributed by atoms with van der Waals surface area (Å²) in [6.45, 7) is 5.56. The van der Waals surface area contributed by atoms with E-state index < -0.39 is 11.9 Å². The second-order valence-electron chi connectivity index (χ2n) is 4.65. The van der Waals surface area contributed by atoms with E-state index in [4.69, 9.17) is 11.5 Å². The Morgan fingerprint density at radius 1 is 1.28 bits per heavy atom. The normalized spacial score (nSPS) is 12.3. The summed E-state index contributed by atoms with van der Waals surface area (Å²) in [5, 5.41) is 2.74. The molecule has 0 spiro atoms. The topological polar surface area (TPSA) is 98.2 Å². The highest BCUT2D eigenvalue weighted by molar-refractivity contribution is 5.97. The van der Waals surface area contributed by atoms with Gasteiger partial charge < -0.3 is 16.8 Å². The summed E-state index contributed by atoms with van der Waals surface area (Å²) in [5.74, 6) is -0.662. The van der Waals surface area contributed by atoms with Gasteiger partial charge in [-0.05, 0) is 36.6 Å². The number of primary amides is 1. The van der Waals surface area contributed by atoms with Crippen LogP contribution >= 0.6 is 0 Å². The second-order valence-corrected chi connectivity index (χ2v) is 4.65. The molecule has 0 unspecified atom stereocenters. The molecule has 0 fully saturated rings. The summed E-state index contributed by atoms with van der Waals surface area (Å²) in [6, 6.07) is 4.31. The molecule has 18 heavy (non-hydrogen) atoms. The van der Waals surface area contributed by atoms with Gasteiger partial charge in [-0.25, -0.2) is 0 Å². The maximum Gasteiger partial charge on any atom is 0.248 e. The minimum atomic E-state index is -0.555. The number of benzene rings is 1. The van der Waals surface area contributed by atoms with Gasteiger partial charge in [-0.3, -0.25) is 9.59 Å². The Labute approximate surface area is 107 Å². The van der Waals surface area contributed by atoms with E-state index in [1.54, 1.807) is 25.1 Å². The maximum absolute atomic E-state index is 11.8. The first-order valence-electron chi connectivity index (χ1n) is 5.79. The van der Waals surface area contributed by atoms with E-state index in [1.807, 2.05) is 13.8 Å². The Balaban J connectivity index is 2.86. The molecule has 5 N–H and O–H groups in total. The fourth-order valence-corrected chi connectivity index (χ4v) is 1.48. The molecule has 0 aliphatic heterocycles. The molecule has 0 heterocycles. The molecule has 0 saturated heterocycles. The molecule has 0 radical (unpaired) electrons. The number of anilines is 1. The average molecular weight is 249 g/mol. The zero-order valence-corrected chi connectivity index (χ0v) is 10.9. The van der Waals surface area contributed by atoms with Crippen molar-refractivity contribution in [1.82, 2.24) is 0 Å². The summed E-state index contributed by atoms with van der Waals surface area (Å²) in [6.07, 6.45) is 0. The zero-order valence-electron chi connectivity index (χ0n) is 10.9. The highest BCUT2D eigenvalue weighted by atomic mass is 16.2. The lowest BCUT2D eigenvalue weighted by Gasteiger charge is -2.16. The van der Waals surface area contributed by atoms with Crippen molar-refractivity contribution in [1.29, 1.82) is 0 Å². The first-order valence-corrected chi connectivity index (χ1v) is 5.79. The van der Waals surface area contributed by atoms with Crippen LogP contribution in [0.2, 0.25) is 0 Å². The minimum Gasteiger partial charge on any atom is -0.366 e. The number of carbonyl (C=O) groups excluding carboxylic acids is 2. The Morgan fingerprint density at radius 2 is 1.89 bits per heavy atom. The van der Waals surface area contributed by atoms with Crippen molar-refractivity contribution in [2.75, 3.05) is 5.32 Å². The van der Waals surface area contributed by atoms with Gasteiger partial charge in [-0.2, -0.15) is 0 Å². The van der Waals surface area contributed by atoms with E-state index in [0.29, 0.717) is 11.3 Å². The number of nitrogens with two attached hydrogens (primary N) is 2. The summed E-state index contributed by atoms with van der Waals surface area (Å²) in [4.78, 5) is 22.8. The third kappa shape index (κ3) is 3.30. The Bertz CT molecular complexity index is 469. The molecule has 1 aromatic rings. The lowest BCUT2D eigenvalue weighted by Crippen LogP contribution is -2.39. The Morgan fingerprint density at radius 3 is 2.33 bits per heavy atom. The molecule has 0 aliphatic carbocycles. The van der Waals surface area contributed by atoms with E-state index >= 15 is 0 Å². The van der Waals surface area contributed by atoms with Crippen molar-refractivity contribution in [3.63, 3.8) is 0 Å². The van der Waals surface area contributed by atoms with Crippen LogP contribution in [0.4, 0.5) is 5.69 Å². The highest BCUT2D eigenvalue weighted by Gasteiger charge is 2.17. The number of nitrogens with one attached hydrogen (secondary N) is 1. The van der Waals surface area contributed by atoms with E-state index in [2.05, 4.69) is 5.32 Å². The van der Waals surface area contributed by atoms with Gasteiger partial charge in [0.2, 0.25) is 11.8 Å². The highest BCUT2D eigenvalue weighted by Crippen LogP contribution is 2.17. The molecule has 1 rings (SSSR count). The molecule has 5 heteroatoms. The number of carbonyl (C=O) groups is 2. The maximum atomic E-state index is 11.8. The molecule has 5 nitrogen and oxygen atoms in total. The van der Waals surface area contributed by atoms with E-state index in [0.717, 1.165) is 5.56 Å². The summed E-state index contributed by atoms with van der Waals surface area (Å²) < 4.78 is 0. The van der Waals surface area contributed by atoms with Crippen LogP contribution in [0.15, 0.2) is 18.2 Å². The molecule has 0 saturated carbocycles. The van der Waals surface area contributed by atoms with E-state index in [-0.39, 0.29) is 11.8 Å². The lowest BCUT2D eigenvalue weighted by molar-refractivity contribution is -0.118. The smallest absolute Gasteiger partial charge is 0.248 e. The van der Waals surface area contributed by atoms with Crippen LogP contribution in [0.25, 0.3) is 0 Å². The lowest BCUT2D eigenvalue weighted by atomic mass is 10.0. The number of amides is 2. The number of aryl methyl sites for hydroxylation is 1. The van der Waals surface area contributed by atoms with Crippen molar-refractivity contribution in [3.05, 3.63) is 29.3 Å². The average Bonchev–Trinajstić information content (AvgIpc) is 2.30. The van der Waals surface area contributed by atoms with Gasteiger partial charge in [0.1, 0.15) is 0 Å². The van der Waals surface area contributed by atoms with Crippen LogP contribution in [0.1, 0.15) is 29.8 Å². The fraction of sp³-hybridized carbons (Fsp3) is 0.385. The van der Waals surface area contributed by atoms with Crippen molar-refractivity contribution in [2.45, 2.75) is 26.8 Å². The molecular formula is C13H19N3O2. The van der Waals surface area contributed by atoms with Crippen LogP contribution in [-0.4, -0.2) is 17.9 Å². The quantitative estimate of drug-likeness (QED) is 0.742. The predicted molar refractivity (Wildman–Crippen MR) is 71.1 cm³/mol. The van der Waals surface area contributed by atoms with E-state index in [9.17, 15) is 9.59 Å². The number of hydrogen-bond acceptors (Lipinski definition) is 3. The van der Waals surface area contributed by atoms with E-state index in [1.165, 1.54) is 0 Å². The zero-order chi connectivity index (χ0) is 13.9. The summed E-state index contributed by atoms with van der Waals surface area (Å²) >= 11 is 0. The third-order valence-electron chi connectivity index (χ3n) is 2.79. The van der Waals surface area contributed by atoms with Gasteiger partial charge in [0.15, 0.2) is 0 Å². The number of rotatable bonds is 4. The van der Waals surface area contributed by atoms with Gasteiger partial charge in [0.25, 0.3) is 0 Å². The molecule has 1 aromatic carbocycles. The molecule has 0 bridgehead atoms. The molecule has 0 aliphatic rings. The second kappa shape index (κ2) is 5.64. The van der Waals surface area contributed by atoms with Gasteiger partial charge in [0, 0.05) is 11.3 Å². The fourth-order valence-electron chi connectivity index (χ4n) is 1.48. The first kappa shape index (κ1) is 14.2. The first-order chi connectivity index (χ1) is 8.32. The summed E-state index contributed by atoms with van der Waals surface area (Å²) in [7, 11) is 0. The van der Waals surface area contributed by atoms with Crippen LogP contribution in [-0.2, 0) is 4.79 Å². The van der Waals surface area contributed by atoms with Gasteiger partial charge in [0.05, 0.1) is 6.04 Å². The van der Waals surface area contributed by atoms with Gasteiger partial charge >= 0.3 is 0 Å². The molecule has 2 amide bonds. The van der Waals surface area contributed by atoms with Crippen molar-refractivity contribution in [3.8, 4) is 0 Å². The molecule has 98 valence electrons. The summed E-state index contributed by atoms with van der Waals surface area (Å²) in [5.41, 5.74) is 12.8. The standard InChI is InChI=1S/C13H19N3O2/c1-7(2)11(14)13(18)16-10-5-4-9(12(15)17)6-8(10)3/h4-7,11H,14H2,1-3H3,(H2,15,17)(H,16,18)/t11-/m0/s1. The monoisotopic (exact) mass is 249 g/mol.